The molecule has 0 spiro atoms. The first-order valence-corrected chi connectivity index (χ1v) is 19.7. The molecular weight excluding hydrogens is 755 g/mol. The molecule has 1 unspecified atom stereocenters. The van der Waals surface area contributed by atoms with Gasteiger partial charge in [-0.25, -0.2) is 4.98 Å². The van der Waals surface area contributed by atoms with Crippen molar-refractivity contribution in [3.8, 4) is 5.75 Å². The van der Waals surface area contributed by atoms with Crippen LogP contribution in [-0.2, 0) is 21.1 Å². The highest BCUT2D eigenvalue weighted by atomic mass is 16.5. The fourth-order valence-corrected chi connectivity index (χ4v) is 7.86. The average molecular weight is 804 g/mol. The standard InChI is InChI=1S/C46H49N11O3/c1-27-16-36-22-48-38-21-42(28(2)17-37(38)46(59)57(36)23-27)60-15-9-10-29(3)49-43-26-55(8)44(52-43)30(4)50-34-20-41(54(7)24-34)45(58)51-35-19-40(53(6)25-35)31(5)56-14-13-32-18-33(47)11-12-39(32)56/h11-14,17-22,24-26,36,49-50H,1,3-5,9-10,15-16,23,47H2,2,6-8H3,(H,51,58). The number of hydrogen-bond acceptors (Lipinski definition) is 8. The van der Waals surface area contributed by atoms with E-state index in [1.807, 2.05) is 120 Å². The number of hydrogen-bond donors (Lipinski definition) is 4. The predicted octanol–water partition coefficient (Wildman–Crippen LogP) is 8.07. The maximum absolute atomic E-state index is 13.5. The maximum Gasteiger partial charge on any atom is 0.272 e. The van der Waals surface area contributed by atoms with Crippen LogP contribution in [0.5, 0.6) is 5.75 Å². The van der Waals surface area contributed by atoms with Crippen molar-refractivity contribution < 1.29 is 14.3 Å². The topological polar surface area (TPSA) is 154 Å². The van der Waals surface area contributed by atoms with Gasteiger partial charge in [0.05, 0.1) is 57.9 Å². The Balaban J connectivity index is 0.831. The molecule has 6 aromatic rings. The molecule has 0 aliphatic carbocycles. The number of carbonyl (C=O) groups excluding carboxylic acids is 2. The lowest BCUT2D eigenvalue weighted by Crippen LogP contribution is -2.35. The van der Waals surface area contributed by atoms with E-state index in [0.29, 0.717) is 83.1 Å². The van der Waals surface area contributed by atoms with Crippen molar-refractivity contribution in [1.29, 1.82) is 0 Å². The first-order valence-electron chi connectivity index (χ1n) is 19.7. The number of ether oxygens (including phenoxy) is 1. The van der Waals surface area contributed by atoms with E-state index in [9.17, 15) is 9.59 Å². The molecule has 14 heteroatoms. The average Bonchev–Trinajstić information content (AvgIpc) is 4.02. The van der Waals surface area contributed by atoms with Gasteiger partial charge in [0.2, 0.25) is 0 Å². The number of carbonyl (C=O) groups is 2. The summed E-state index contributed by atoms with van der Waals surface area (Å²) < 4.78 is 13.7. The molecule has 2 aliphatic heterocycles. The van der Waals surface area contributed by atoms with E-state index in [0.717, 1.165) is 45.5 Å². The number of nitrogens with two attached hydrogens (primary N) is 1. The Hall–Kier alpha value is -7.48. The molecule has 8 rings (SSSR count). The molecule has 2 aliphatic rings. The number of aliphatic imine (C=N–C) groups is 1. The second kappa shape index (κ2) is 15.7. The minimum atomic E-state index is -0.264. The number of amides is 2. The normalized spacial score (nSPS) is 14.5. The van der Waals surface area contributed by atoms with E-state index in [1.54, 1.807) is 10.6 Å². The van der Waals surface area contributed by atoms with E-state index in [1.165, 1.54) is 0 Å². The van der Waals surface area contributed by atoms with Crippen LogP contribution in [0.3, 0.4) is 0 Å². The summed E-state index contributed by atoms with van der Waals surface area (Å²) >= 11 is 0. The van der Waals surface area contributed by atoms with Gasteiger partial charge in [0.1, 0.15) is 17.3 Å². The molecule has 0 saturated carbocycles. The van der Waals surface area contributed by atoms with Crippen LogP contribution in [0, 0.1) is 6.92 Å². The number of nitrogen functional groups attached to an aromatic ring is 1. The van der Waals surface area contributed by atoms with Crippen molar-refractivity contribution in [3.63, 3.8) is 0 Å². The number of nitrogens with one attached hydrogen (secondary N) is 3. The van der Waals surface area contributed by atoms with Gasteiger partial charge in [0, 0.05) is 81.5 Å². The molecule has 6 heterocycles. The Labute approximate surface area is 348 Å². The number of anilines is 4. The summed E-state index contributed by atoms with van der Waals surface area (Å²) in [5, 5.41) is 10.6. The Bertz CT molecular complexity index is 2790. The number of aryl methyl sites for hydroxylation is 4. The van der Waals surface area contributed by atoms with E-state index in [2.05, 4.69) is 47.3 Å². The molecule has 0 bridgehead atoms. The molecule has 1 atom stereocenters. The fourth-order valence-electron chi connectivity index (χ4n) is 7.86. The number of nitrogens with zero attached hydrogens (tertiary/aromatic N) is 7. The van der Waals surface area contributed by atoms with Crippen LogP contribution in [0.25, 0.3) is 22.3 Å². The van der Waals surface area contributed by atoms with Crippen LogP contribution in [0.2, 0.25) is 0 Å². The zero-order chi connectivity index (χ0) is 42.4. The van der Waals surface area contributed by atoms with Crippen LogP contribution in [0.4, 0.5) is 28.6 Å². The summed E-state index contributed by atoms with van der Waals surface area (Å²) in [5.74, 6) is 1.66. The zero-order valence-electron chi connectivity index (χ0n) is 34.4. The summed E-state index contributed by atoms with van der Waals surface area (Å²) in [4.78, 5) is 37.9. The lowest BCUT2D eigenvalue weighted by Gasteiger charge is -2.20. The van der Waals surface area contributed by atoms with Gasteiger partial charge < -0.3 is 49.6 Å². The van der Waals surface area contributed by atoms with Crippen LogP contribution in [0.1, 0.15) is 57.2 Å². The highest BCUT2D eigenvalue weighted by Gasteiger charge is 2.34. The molecule has 1 saturated heterocycles. The van der Waals surface area contributed by atoms with Gasteiger partial charge in [-0.3, -0.25) is 14.6 Å². The number of benzene rings is 2. The first kappa shape index (κ1) is 39.4. The largest absolute Gasteiger partial charge is 0.493 e. The molecule has 60 heavy (non-hydrogen) atoms. The minimum Gasteiger partial charge on any atom is -0.493 e. The highest BCUT2D eigenvalue weighted by Crippen LogP contribution is 2.35. The van der Waals surface area contributed by atoms with Crippen molar-refractivity contribution >= 4 is 68.9 Å². The summed E-state index contributed by atoms with van der Waals surface area (Å²) in [6, 6.07) is 15.1. The van der Waals surface area contributed by atoms with Gasteiger partial charge in [0.15, 0.2) is 5.82 Å². The Morgan fingerprint density at radius 2 is 1.68 bits per heavy atom. The Morgan fingerprint density at radius 3 is 2.48 bits per heavy atom. The molecule has 14 nitrogen and oxygen atoms in total. The summed E-state index contributed by atoms with van der Waals surface area (Å²) in [6.45, 7) is 19.8. The third kappa shape index (κ3) is 7.74. The number of imidazole rings is 1. The van der Waals surface area contributed by atoms with Gasteiger partial charge in [-0.15, -0.1) is 0 Å². The zero-order valence-corrected chi connectivity index (χ0v) is 34.4. The van der Waals surface area contributed by atoms with Crippen molar-refractivity contribution in [2.75, 3.05) is 34.8 Å². The van der Waals surface area contributed by atoms with Gasteiger partial charge in [-0.05, 0) is 74.2 Å². The lowest BCUT2D eigenvalue weighted by molar-refractivity contribution is 0.0777. The van der Waals surface area contributed by atoms with Crippen molar-refractivity contribution in [3.05, 3.63) is 139 Å². The van der Waals surface area contributed by atoms with Gasteiger partial charge in [-0.2, -0.15) is 0 Å². The smallest absolute Gasteiger partial charge is 0.272 e. The number of rotatable bonds is 14. The third-order valence-electron chi connectivity index (χ3n) is 10.9. The monoisotopic (exact) mass is 803 g/mol. The maximum atomic E-state index is 13.5. The molecule has 5 N–H and O–H groups in total. The van der Waals surface area contributed by atoms with E-state index >= 15 is 0 Å². The van der Waals surface area contributed by atoms with Crippen molar-refractivity contribution in [1.82, 2.24) is 28.2 Å². The lowest BCUT2D eigenvalue weighted by atomic mass is 10.1. The number of fused-ring (bicyclic) bond motifs is 3. The van der Waals surface area contributed by atoms with Crippen LogP contribution in [0.15, 0.2) is 116 Å². The van der Waals surface area contributed by atoms with Gasteiger partial charge in [0.25, 0.3) is 11.8 Å². The van der Waals surface area contributed by atoms with Crippen molar-refractivity contribution in [2.45, 2.75) is 32.2 Å². The second-order valence-corrected chi connectivity index (χ2v) is 15.6. The molecule has 2 aromatic carbocycles. The quantitative estimate of drug-likeness (QED) is 0.0494. The predicted molar refractivity (Wildman–Crippen MR) is 241 cm³/mol. The SMILES string of the molecule is C=C1CC2C=Nc3cc(OCCCC(=C)Nc4cn(C)c(C(=C)Nc5cc(C(=O)Nc6cc(C(=C)n7ccc8cc(N)ccc87)n(C)c6)n(C)c5)n4)c(C)cc3C(=O)N2C1. The Morgan fingerprint density at radius 1 is 0.933 bits per heavy atom. The highest BCUT2D eigenvalue weighted by molar-refractivity contribution is 6.05. The first-order chi connectivity index (χ1) is 28.7. The minimum absolute atomic E-state index is 0.0222. The molecule has 306 valence electrons. The third-order valence-corrected chi connectivity index (χ3v) is 10.9. The number of allylic oxidation sites excluding steroid dienone is 1. The fraction of sp³-hybridized carbons (Fsp3) is 0.217. The van der Waals surface area contributed by atoms with Crippen LogP contribution in [-0.4, -0.2) is 65.4 Å². The van der Waals surface area contributed by atoms with Crippen LogP contribution >= 0.6 is 0 Å². The van der Waals surface area contributed by atoms with E-state index < -0.39 is 0 Å². The van der Waals surface area contributed by atoms with Gasteiger partial charge >= 0.3 is 0 Å². The summed E-state index contributed by atoms with van der Waals surface area (Å²) in [7, 11) is 5.62. The molecule has 0 radical (unpaired) electrons. The molecule has 1 fully saturated rings. The number of aromatic nitrogens is 5. The van der Waals surface area contributed by atoms with Crippen LogP contribution < -0.4 is 26.4 Å². The van der Waals surface area contributed by atoms with E-state index in [4.69, 9.17) is 15.5 Å². The summed E-state index contributed by atoms with van der Waals surface area (Å²) in [6.07, 6.45) is 11.5. The van der Waals surface area contributed by atoms with E-state index in [-0.39, 0.29) is 17.9 Å². The van der Waals surface area contributed by atoms with Gasteiger partial charge in [-0.1, -0.05) is 31.9 Å². The molecular formula is C46H49N11O3. The van der Waals surface area contributed by atoms with Crippen molar-refractivity contribution in [2.24, 2.45) is 26.1 Å². The molecule has 4 aromatic heterocycles. The Kier molecular flexibility index (Phi) is 10.3. The second-order valence-electron chi connectivity index (χ2n) is 15.6. The molecule has 2 amide bonds. The summed E-state index contributed by atoms with van der Waals surface area (Å²) in [5.41, 5.74) is 15.6.